The Kier molecular flexibility index (Phi) is 7.35. The molecule has 3 aliphatic carbocycles. The van der Waals surface area contributed by atoms with Crippen molar-refractivity contribution in [3.05, 3.63) is 23.4 Å². The topological polar surface area (TPSA) is 132 Å². The van der Waals surface area contributed by atoms with Crippen LogP contribution in [0.15, 0.2) is 28.4 Å². The second kappa shape index (κ2) is 9.84. The third kappa shape index (κ3) is 3.82. The van der Waals surface area contributed by atoms with Gasteiger partial charge in [-0.15, -0.1) is 0 Å². The molecule has 6 N–H and O–H groups in total. The molecule has 0 saturated heterocycles. The van der Waals surface area contributed by atoms with Crippen LogP contribution in [0.3, 0.4) is 0 Å². The molecule has 0 aromatic carbocycles. The van der Waals surface area contributed by atoms with Crippen molar-refractivity contribution in [2.75, 3.05) is 53.5 Å². The maximum absolute atomic E-state index is 12.7. The molecule has 0 aromatic heterocycles. The second-order valence-corrected chi connectivity index (χ2v) is 10.9. The van der Waals surface area contributed by atoms with Crippen molar-refractivity contribution in [3.8, 4) is 0 Å². The van der Waals surface area contributed by atoms with Crippen LogP contribution in [-0.4, -0.2) is 86.1 Å². The lowest BCUT2D eigenvalue weighted by atomic mass is 9.46. The highest BCUT2D eigenvalue weighted by Crippen LogP contribution is 2.77. The molecular formula is C26H43N5O4. The standard InChI is InChI=1S/C26H43N5O4/c1-5-35-16-24(34)14-25-17(2)6-7-18(12-20(25)21(24)22(32)33)26(25)15-31(11-8-19(26)13-29-4)23(27)30-10-9-28-3/h8,11,17-19,28-29,34H,5-7,9-10,12-16H2,1-4H3,(H2,27,30)(H,32,33)/t17-,18-,19-,24-,25+,26-/m1/s1. The highest BCUT2D eigenvalue weighted by Gasteiger charge is 2.74. The highest BCUT2D eigenvalue weighted by molar-refractivity contribution is 5.92. The number of ether oxygens (including phenoxy) is 1. The molecule has 6 atom stereocenters. The van der Waals surface area contributed by atoms with E-state index >= 15 is 0 Å². The van der Waals surface area contributed by atoms with Gasteiger partial charge in [-0.2, -0.15) is 0 Å². The Morgan fingerprint density at radius 1 is 1.34 bits per heavy atom. The molecule has 4 rings (SSSR count). The number of rotatable bonds is 9. The molecule has 0 aromatic rings. The van der Waals surface area contributed by atoms with Gasteiger partial charge in [-0.3, -0.25) is 4.99 Å². The number of aliphatic carboxylic acids is 1. The summed E-state index contributed by atoms with van der Waals surface area (Å²) < 4.78 is 5.67. The molecule has 1 heterocycles. The van der Waals surface area contributed by atoms with Crippen LogP contribution in [0.1, 0.15) is 39.5 Å². The molecule has 2 fully saturated rings. The number of carboxylic acid groups (broad SMARTS) is 1. The summed E-state index contributed by atoms with van der Waals surface area (Å²) in [7, 11) is 3.86. The van der Waals surface area contributed by atoms with E-state index in [0.717, 1.165) is 31.5 Å². The third-order valence-electron chi connectivity index (χ3n) is 9.38. The zero-order valence-corrected chi connectivity index (χ0v) is 21.6. The smallest absolute Gasteiger partial charge is 0.334 e. The molecule has 2 spiro atoms. The number of hydrogen-bond donors (Lipinski definition) is 5. The zero-order valence-electron chi connectivity index (χ0n) is 21.6. The lowest BCUT2D eigenvalue weighted by Crippen LogP contribution is -2.62. The van der Waals surface area contributed by atoms with Crippen LogP contribution in [0.25, 0.3) is 0 Å². The number of aliphatic hydroxyl groups is 1. The Hall–Kier alpha value is -1.94. The van der Waals surface area contributed by atoms with Gasteiger partial charge in [0.1, 0.15) is 5.60 Å². The highest BCUT2D eigenvalue weighted by atomic mass is 16.5. The lowest BCUT2D eigenvalue weighted by Gasteiger charge is -2.61. The van der Waals surface area contributed by atoms with Gasteiger partial charge in [-0.05, 0) is 70.0 Å². The average Bonchev–Trinajstić information content (AvgIpc) is 3.17. The molecule has 4 aliphatic rings. The molecule has 2 bridgehead atoms. The third-order valence-corrected chi connectivity index (χ3v) is 9.38. The minimum Gasteiger partial charge on any atom is -0.478 e. The summed E-state index contributed by atoms with van der Waals surface area (Å²) >= 11 is 0. The van der Waals surface area contributed by atoms with Crippen LogP contribution in [0.4, 0.5) is 0 Å². The molecule has 196 valence electrons. The Balaban J connectivity index is 1.87. The van der Waals surface area contributed by atoms with E-state index in [1.54, 1.807) is 0 Å². The maximum Gasteiger partial charge on any atom is 0.334 e. The molecule has 35 heavy (non-hydrogen) atoms. The number of likely N-dealkylation sites (N-methyl/N-ethyl adjacent to an activating group) is 1. The van der Waals surface area contributed by atoms with Crippen molar-refractivity contribution >= 4 is 11.9 Å². The first-order valence-electron chi connectivity index (χ1n) is 13.0. The molecule has 0 amide bonds. The maximum atomic E-state index is 12.7. The van der Waals surface area contributed by atoms with Gasteiger partial charge < -0.3 is 36.2 Å². The minimum absolute atomic E-state index is 0.00765. The number of aliphatic imine (C=N–C) groups is 1. The summed E-state index contributed by atoms with van der Waals surface area (Å²) in [5, 5.41) is 28.7. The fraction of sp³-hybridized carbons (Fsp3) is 0.769. The SMILES string of the molecule is CCOC[C@]1(O)C[C@@]23C(=C1C(=O)O)C[C@@H](CC[C@H]2C)[C@@]31CN(C(N)=NCCNC)C=C[C@@H]1CNC. The van der Waals surface area contributed by atoms with Gasteiger partial charge in [0, 0.05) is 43.3 Å². The van der Waals surface area contributed by atoms with Crippen molar-refractivity contribution in [3.63, 3.8) is 0 Å². The number of allylic oxidation sites excluding steroid dienone is 1. The Labute approximate surface area is 208 Å². The van der Waals surface area contributed by atoms with E-state index in [4.69, 9.17) is 10.5 Å². The summed E-state index contributed by atoms with van der Waals surface area (Å²) in [5.74, 6) is 0.200. The van der Waals surface area contributed by atoms with Crippen molar-refractivity contribution in [1.29, 1.82) is 0 Å². The van der Waals surface area contributed by atoms with E-state index in [1.807, 2.05) is 27.2 Å². The van der Waals surface area contributed by atoms with Crippen LogP contribution in [-0.2, 0) is 9.53 Å². The number of nitrogens with two attached hydrogens (primary N) is 1. The van der Waals surface area contributed by atoms with E-state index < -0.39 is 17.0 Å². The fourth-order valence-electron chi connectivity index (χ4n) is 8.13. The first-order chi connectivity index (χ1) is 16.7. The second-order valence-electron chi connectivity index (χ2n) is 10.9. The Morgan fingerprint density at radius 3 is 2.77 bits per heavy atom. The summed E-state index contributed by atoms with van der Waals surface area (Å²) in [4.78, 5) is 19.3. The van der Waals surface area contributed by atoms with Gasteiger partial charge in [0.2, 0.25) is 0 Å². The van der Waals surface area contributed by atoms with Crippen molar-refractivity contribution < 1.29 is 19.7 Å². The van der Waals surface area contributed by atoms with Crippen LogP contribution in [0.2, 0.25) is 0 Å². The van der Waals surface area contributed by atoms with Crippen molar-refractivity contribution in [1.82, 2.24) is 15.5 Å². The first-order valence-corrected chi connectivity index (χ1v) is 13.0. The Morgan fingerprint density at radius 2 is 2.11 bits per heavy atom. The molecule has 9 nitrogen and oxygen atoms in total. The molecule has 2 saturated carbocycles. The summed E-state index contributed by atoms with van der Waals surface area (Å²) in [6.07, 6.45) is 7.43. The summed E-state index contributed by atoms with van der Waals surface area (Å²) in [5.41, 5.74) is 5.41. The van der Waals surface area contributed by atoms with E-state index in [1.165, 1.54) is 0 Å². The number of hydrogen-bond acceptors (Lipinski definition) is 6. The average molecular weight is 490 g/mol. The van der Waals surface area contributed by atoms with Gasteiger partial charge in [-0.25, -0.2) is 4.79 Å². The van der Waals surface area contributed by atoms with Crippen LogP contribution in [0, 0.1) is 28.6 Å². The fourth-order valence-corrected chi connectivity index (χ4v) is 8.13. The van der Waals surface area contributed by atoms with E-state index in [0.29, 0.717) is 44.4 Å². The minimum atomic E-state index is -1.50. The largest absolute Gasteiger partial charge is 0.478 e. The molecular weight excluding hydrogens is 446 g/mol. The summed E-state index contributed by atoms with van der Waals surface area (Å²) in [6.45, 7) is 7.34. The molecule has 0 unspecified atom stereocenters. The zero-order chi connectivity index (χ0) is 25.4. The van der Waals surface area contributed by atoms with Crippen molar-refractivity contribution in [2.24, 2.45) is 39.3 Å². The predicted octanol–water partition coefficient (Wildman–Crippen LogP) is 1.16. The van der Waals surface area contributed by atoms with E-state index in [-0.39, 0.29) is 29.4 Å². The number of nitrogens with zero attached hydrogens (tertiary/aromatic N) is 2. The van der Waals surface area contributed by atoms with Gasteiger partial charge >= 0.3 is 5.97 Å². The van der Waals surface area contributed by atoms with Gasteiger partial charge in [0.05, 0.1) is 18.7 Å². The monoisotopic (exact) mass is 489 g/mol. The molecule has 0 radical (unpaired) electrons. The van der Waals surface area contributed by atoms with Gasteiger partial charge in [-0.1, -0.05) is 13.0 Å². The van der Waals surface area contributed by atoms with Crippen LogP contribution < -0.4 is 16.4 Å². The summed E-state index contributed by atoms with van der Waals surface area (Å²) in [6, 6.07) is 0. The van der Waals surface area contributed by atoms with E-state index in [9.17, 15) is 15.0 Å². The normalized spacial score (nSPS) is 38.5. The molecule has 9 heteroatoms. The van der Waals surface area contributed by atoms with Crippen LogP contribution >= 0.6 is 0 Å². The number of carbonyl (C=O) groups is 1. The van der Waals surface area contributed by atoms with Crippen LogP contribution in [0.5, 0.6) is 0 Å². The number of nitrogens with one attached hydrogen (secondary N) is 2. The van der Waals surface area contributed by atoms with Crippen molar-refractivity contribution in [2.45, 2.75) is 45.1 Å². The van der Waals surface area contributed by atoms with Gasteiger partial charge in [0.25, 0.3) is 0 Å². The predicted molar refractivity (Wildman–Crippen MR) is 136 cm³/mol. The van der Waals surface area contributed by atoms with Gasteiger partial charge in [0.15, 0.2) is 5.96 Å². The lowest BCUT2D eigenvalue weighted by molar-refractivity contribution is -0.139. The quantitative estimate of drug-likeness (QED) is 0.185. The first kappa shape index (κ1) is 26.1. The molecule has 1 aliphatic heterocycles. The number of carboxylic acids is 1. The number of guanidine groups is 1. The Bertz CT molecular complexity index is 919. The van der Waals surface area contributed by atoms with E-state index in [2.05, 4.69) is 33.5 Å².